The number of benzene rings is 1. The van der Waals surface area contributed by atoms with Gasteiger partial charge in [0.2, 0.25) is 0 Å². The lowest BCUT2D eigenvalue weighted by Crippen LogP contribution is -2.38. The summed E-state index contributed by atoms with van der Waals surface area (Å²) >= 11 is 0. The summed E-state index contributed by atoms with van der Waals surface area (Å²) in [5.74, 6) is 0.827. The van der Waals surface area contributed by atoms with Gasteiger partial charge in [0.1, 0.15) is 5.76 Å². The van der Waals surface area contributed by atoms with Crippen LogP contribution < -0.4 is 0 Å². The summed E-state index contributed by atoms with van der Waals surface area (Å²) in [6, 6.07) is 7.73. The molecule has 94 valence electrons. The second-order valence-electron chi connectivity index (χ2n) is 5.77. The Kier molecular flexibility index (Phi) is 2.54. The minimum absolute atomic E-state index is 0.0469. The quantitative estimate of drug-likeness (QED) is 0.860. The Morgan fingerprint density at radius 3 is 2.72 bits per heavy atom. The van der Waals surface area contributed by atoms with Gasteiger partial charge in [0, 0.05) is 11.6 Å². The van der Waals surface area contributed by atoms with E-state index < -0.39 is 5.41 Å². The van der Waals surface area contributed by atoms with Gasteiger partial charge in [-0.25, -0.2) is 0 Å². The Morgan fingerprint density at radius 1 is 1.33 bits per heavy atom. The molecule has 0 amide bonds. The third-order valence-corrected chi connectivity index (χ3v) is 4.53. The molecular weight excluding hydrogens is 224 g/mol. The highest BCUT2D eigenvalue weighted by Crippen LogP contribution is 2.44. The summed E-state index contributed by atoms with van der Waals surface area (Å²) in [4.78, 5) is 12.3. The molecule has 0 aliphatic heterocycles. The van der Waals surface area contributed by atoms with Crippen LogP contribution in [0, 0.1) is 5.92 Å². The summed E-state index contributed by atoms with van der Waals surface area (Å²) in [5.41, 5.74) is 1.36. The average Bonchev–Trinajstić information content (AvgIpc) is 2.32. The fourth-order valence-corrected chi connectivity index (χ4v) is 3.17. The van der Waals surface area contributed by atoms with E-state index in [1.54, 1.807) is 0 Å². The molecule has 2 aliphatic carbocycles. The van der Waals surface area contributed by atoms with Crippen LogP contribution in [0.1, 0.15) is 43.7 Å². The van der Waals surface area contributed by atoms with Crippen LogP contribution in [-0.4, -0.2) is 10.9 Å². The molecule has 2 aliphatic rings. The first-order valence-corrected chi connectivity index (χ1v) is 6.66. The van der Waals surface area contributed by atoms with Gasteiger partial charge in [-0.05, 0) is 24.8 Å². The SMILES string of the molecule is CC1(CC2CCC2)C(=O)C=C(O)c2ccccc21. The van der Waals surface area contributed by atoms with Crippen molar-refractivity contribution in [1.82, 2.24) is 0 Å². The molecule has 0 aromatic heterocycles. The largest absolute Gasteiger partial charge is 0.507 e. The van der Waals surface area contributed by atoms with Gasteiger partial charge in [-0.2, -0.15) is 0 Å². The molecule has 18 heavy (non-hydrogen) atoms. The minimum atomic E-state index is -0.450. The second kappa shape index (κ2) is 3.98. The number of hydrogen-bond acceptors (Lipinski definition) is 2. The van der Waals surface area contributed by atoms with E-state index in [2.05, 4.69) is 0 Å². The predicted molar refractivity (Wildman–Crippen MR) is 71.4 cm³/mol. The van der Waals surface area contributed by atoms with Gasteiger partial charge in [-0.15, -0.1) is 0 Å². The number of allylic oxidation sites excluding steroid dienone is 1. The standard InChI is InChI=1S/C16H18O2/c1-16(10-11-5-4-6-11)13-8-3-2-7-12(13)14(17)9-15(16)18/h2-3,7-9,11,17H,4-6,10H2,1H3. The van der Waals surface area contributed by atoms with Gasteiger partial charge in [0.05, 0.1) is 5.41 Å². The molecule has 0 bridgehead atoms. The lowest BCUT2D eigenvalue weighted by Gasteiger charge is -2.38. The Balaban J connectivity index is 2.05. The molecule has 3 rings (SSSR count). The number of hydrogen-bond donors (Lipinski definition) is 1. The maximum Gasteiger partial charge on any atom is 0.169 e. The summed E-state index contributed by atoms with van der Waals surface area (Å²) in [7, 11) is 0. The van der Waals surface area contributed by atoms with Crippen molar-refractivity contribution in [3.05, 3.63) is 41.5 Å². The van der Waals surface area contributed by atoms with Crippen LogP contribution in [0.2, 0.25) is 0 Å². The number of rotatable bonds is 2. The Labute approximate surface area is 107 Å². The van der Waals surface area contributed by atoms with E-state index in [1.165, 1.54) is 25.3 Å². The van der Waals surface area contributed by atoms with Gasteiger partial charge in [-0.1, -0.05) is 43.5 Å². The third-order valence-electron chi connectivity index (χ3n) is 4.53. The Bertz CT molecular complexity index is 526. The maximum absolute atomic E-state index is 12.3. The molecule has 1 unspecified atom stereocenters. The van der Waals surface area contributed by atoms with E-state index in [9.17, 15) is 9.90 Å². The highest BCUT2D eigenvalue weighted by atomic mass is 16.3. The van der Waals surface area contributed by atoms with Crippen molar-refractivity contribution >= 4 is 11.5 Å². The van der Waals surface area contributed by atoms with Gasteiger partial charge in [-0.3, -0.25) is 4.79 Å². The van der Waals surface area contributed by atoms with Crippen LogP contribution >= 0.6 is 0 Å². The van der Waals surface area contributed by atoms with E-state index >= 15 is 0 Å². The number of ketones is 1. The van der Waals surface area contributed by atoms with Gasteiger partial charge in [0.25, 0.3) is 0 Å². The molecule has 1 saturated carbocycles. The molecule has 1 atom stereocenters. The van der Waals surface area contributed by atoms with Crippen molar-refractivity contribution in [2.75, 3.05) is 0 Å². The van der Waals surface area contributed by atoms with Crippen LogP contribution in [-0.2, 0) is 10.2 Å². The number of carbonyl (C=O) groups is 1. The zero-order valence-electron chi connectivity index (χ0n) is 10.6. The van der Waals surface area contributed by atoms with E-state index in [0.29, 0.717) is 5.92 Å². The van der Waals surface area contributed by atoms with Crippen LogP contribution in [0.4, 0.5) is 0 Å². The summed E-state index contributed by atoms with van der Waals surface area (Å²) in [6.07, 6.45) is 6.08. The molecule has 0 heterocycles. The predicted octanol–water partition coefficient (Wildman–Crippen LogP) is 3.62. The molecule has 1 N–H and O–H groups in total. The number of fused-ring (bicyclic) bond motifs is 1. The molecule has 2 nitrogen and oxygen atoms in total. The highest BCUT2D eigenvalue weighted by Gasteiger charge is 2.41. The lowest BCUT2D eigenvalue weighted by molar-refractivity contribution is -0.120. The molecular formula is C16H18O2. The Hall–Kier alpha value is -1.57. The van der Waals surface area contributed by atoms with E-state index in [4.69, 9.17) is 0 Å². The first kappa shape index (κ1) is 11.5. The number of aliphatic hydroxyl groups is 1. The molecule has 0 radical (unpaired) electrons. The smallest absolute Gasteiger partial charge is 0.169 e. The zero-order chi connectivity index (χ0) is 12.8. The first-order valence-electron chi connectivity index (χ1n) is 6.66. The molecule has 2 heteroatoms. The van der Waals surface area contributed by atoms with Crippen LogP contribution in [0.5, 0.6) is 0 Å². The average molecular weight is 242 g/mol. The fourth-order valence-electron chi connectivity index (χ4n) is 3.17. The molecule has 0 spiro atoms. The van der Waals surface area contributed by atoms with Crippen molar-refractivity contribution in [3.8, 4) is 0 Å². The normalized spacial score (nSPS) is 27.4. The van der Waals surface area contributed by atoms with Crippen molar-refractivity contribution < 1.29 is 9.90 Å². The second-order valence-corrected chi connectivity index (χ2v) is 5.77. The topological polar surface area (TPSA) is 37.3 Å². The summed E-state index contributed by atoms with van der Waals surface area (Å²) < 4.78 is 0. The van der Waals surface area contributed by atoms with E-state index in [0.717, 1.165) is 17.5 Å². The first-order chi connectivity index (χ1) is 8.61. The van der Waals surface area contributed by atoms with Crippen molar-refractivity contribution in [1.29, 1.82) is 0 Å². The van der Waals surface area contributed by atoms with Crippen LogP contribution in [0.25, 0.3) is 5.76 Å². The van der Waals surface area contributed by atoms with E-state index in [-0.39, 0.29) is 11.5 Å². The zero-order valence-corrected chi connectivity index (χ0v) is 10.6. The highest BCUT2D eigenvalue weighted by molar-refractivity contribution is 6.06. The van der Waals surface area contributed by atoms with Gasteiger partial charge < -0.3 is 5.11 Å². The van der Waals surface area contributed by atoms with Crippen molar-refractivity contribution in [2.45, 2.75) is 38.0 Å². The Morgan fingerprint density at radius 2 is 2.06 bits per heavy atom. The minimum Gasteiger partial charge on any atom is -0.507 e. The molecule has 0 saturated heterocycles. The third kappa shape index (κ3) is 1.59. The molecule has 1 aromatic rings. The van der Waals surface area contributed by atoms with Crippen molar-refractivity contribution in [3.63, 3.8) is 0 Å². The lowest BCUT2D eigenvalue weighted by atomic mass is 9.64. The maximum atomic E-state index is 12.3. The number of aliphatic hydroxyl groups excluding tert-OH is 1. The fraction of sp³-hybridized carbons (Fsp3) is 0.438. The van der Waals surface area contributed by atoms with Gasteiger partial charge in [0.15, 0.2) is 5.78 Å². The van der Waals surface area contributed by atoms with Crippen molar-refractivity contribution in [2.24, 2.45) is 5.92 Å². The molecule has 1 fully saturated rings. The van der Waals surface area contributed by atoms with E-state index in [1.807, 2.05) is 31.2 Å². The molecule has 1 aromatic carbocycles. The summed E-state index contributed by atoms with van der Waals surface area (Å²) in [5, 5.41) is 9.91. The monoisotopic (exact) mass is 242 g/mol. The van der Waals surface area contributed by atoms with Crippen LogP contribution in [0.3, 0.4) is 0 Å². The summed E-state index contributed by atoms with van der Waals surface area (Å²) in [6.45, 7) is 2.02. The van der Waals surface area contributed by atoms with Crippen LogP contribution in [0.15, 0.2) is 30.3 Å². The van der Waals surface area contributed by atoms with Gasteiger partial charge >= 0.3 is 0 Å². The number of carbonyl (C=O) groups excluding carboxylic acids is 1.